The van der Waals surface area contributed by atoms with Gasteiger partial charge in [0.15, 0.2) is 6.10 Å². The van der Waals surface area contributed by atoms with Crippen LogP contribution in [0.1, 0.15) is 6.92 Å². The minimum atomic E-state index is -2.13. The Morgan fingerprint density at radius 3 is 2.05 bits per heavy atom. The molecule has 0 amide bonds. The lowest BCUT2D eigenvalue weighted by atomic mass is 10.0. The summed E-state index contributed by atoms with van der Waals surface area (Å²) in [5.41, 5.74) is 0.165. The van der Waals surface area contributed by atoms with Crippen molar-refractivity contribution in [3.63, 3.8) is 0 Å². The number of rotatable bonds is 9. The molecule has 122 valence electrons. The van der Waals surface area contributed by atoms with Gasteiger partial charge in [-0.05, 0) is 6.92 Å². The molecule has 0 aromatic rings. The van der Waals surface area contributed by atoms with Crippen molar-refractivity contribution in [3.8, 4) is 0 Å². The van der Waals surface area contributed by atoms with Crippen molar-refractivity contribution in [3.05, 3.63) is 12.2 Å². The summed E-state index contributed by atoms with van der Waals surface area (Å²) in [6, 6.07) is 0. The van der Waals surface area contributed by atoms with Gasteiger partial charge in [-0.25, -0.2) is 9.59 Å². The van der Waals surface area contributed by atoms with Crippen molar-refractivity contribution in [2.24, 2.45) is 0 Å². The Hall–Kier alpha value is -1.52. The SMILES string of the molecule is C=C(C)C(=O)OCCOC(=O)[C@H](O)[C@@H](O)[C@H](O)[C@H](O)CO. The van der Waals surface area contributed by atoms with E-state index in [2.05, 4.69) is 16.1 Å². The van der Waals surface area contributed by atoms with E-state index in [9.17, 15) is 24.9 Å². The molecule has 9 nitrogen and oxygen atoms in total. The van der Waals surface area contributed by atoms with Gasteiger partial charge in [0.25, 0.3) is 0 Å². The first-order valence-corrected chi connectivity index (χ1v) is 6.04. The van der Waals surface area contributed by atoms with Crippen LogP contribution in [0, 0.1) is 0 Å². The standard InChI is InChI=1S/C12H20O9/c1-6(2)11(18)20-3-4-21-12(19)10(17)9(16)8(15)7(14)5-13/h7-10,13-17H,1,3-5H2,2H3/t7-,8-,9+,10-/m1/s1. The van der Waals surface area contributed by atoms with E-state index in [4.69, 9.17) is 10.2 Å². The van der Waals surface area contributed by atoms with Crippen LogP contribution in [-0.2, 0) is 19.1 Å². The van der Waals surface area contributed by atoms with E-state index in [1.165, 1.54) is 6.92 Å². The maximum atomic E-state index is 11.3. The molecule has 0 rings (SSSR count). The molecule has 0 fully saturated rings. The molecule has 9 heteroatoms. The number of carbonyl (C=O) groups excluding carboxylic acids is 2. The number of hydrogen-bond acceptors (Lipinski definition) is 9. The second-order valence-electron chi connectivity index (χ2n) is 4.26. The molecule has 0 bridgehead atoms. The van der Waals surface area contributed by atoms with E-state index in [1.807, 2.05) is 0 Å². The van der Waals surface area contributed by atoms with Crippen molar-refractivity contribution in [1.29, 1.82) is 0 Å². The van der Waals surface area contributed by atoms with E-state index < -0.39 is 43.0 Å². The number of hydrogen-bond donors (Lipinski definition) is 5. The van der Waals surface area contributed by atoms with Crippen LogP contribution in [0.5, 0.6) is 0 Å². The summed E-state index contributed by atoms with van der Waals surface area (Å²) >= 11 is 0. The highest BCUT2D eigenvalue weighted by Gasteiger charge is 2.35. The maximum absolute atomic E-state index is 11.3. The fourth-order valence-corrected chi connectivity index (χ4v) is 1.15. The molecular formula is C12H20O9. The fraction of sp³-hybridized carbons (Fsp3) is 0.667. The van der Waals surface area contributed by atoms with E-state index in [0.29, 0.717) is 0 Å². The first-order chi connectivity index (χ1) is 9.72. The second-order valence-corrected chi connectivity index (χ2v) is 4.26. The second kappa shape index (κ2) is 9.42. The summed E-state index contributed by atoms with van der Waals surface area (Å²) in [5, 5.41) is 45.7. The molecular weight excluding hydrogens is 288 g/mol. The largest absolute Gasteiger partial charge is 0.460 e. The quantitative estimate of drug-likeness (QED) is 0.171. The van der Waals surface area contributed by atoms with Crippen LogP contribution in [0.25, 0.3) is 0 Å². The molecule has 0 saturated carbocycles. The predicted molar refractivity (Wildman–Crippen MR) is 67.8 cm³/mol. The molecule has 5 N–H and O–H groups in total. The minimum Gasteiger partial charge on any atom is -0.460 e. The topological polar surface area (TPSA) is 154 Å². The van der Waals surface area contributed by atoms with E-state index in [0.717, 1.165) is 0 Å². The predicted octanol–water partition coefficient (Wildman–Crippen LogP) is -2.92. The zero-order chi connectivity index (χ0) is 16.6. The molecule has 0 radical (unpaired) electrons. The zero-order valence-electron chi connectivity index (χ0n) is 11.5. The van der Waals surface area contributed by atoms with Crippen LogP contribution in [-0.4, -0.2) is 81.7 Å². The normalized spacial score (nSPS) is 16.5. The van der Waals surface area contributed by atoms with Crippen molar-refractivity contribution in [1.82, 2.24) is 0 Å². The first kappa shape index (κ1) is 19.5. The van der Waals surface area contributed by atoms with Gasteiger partial charge in [-0.1, -0.05) is 6.58 Å². The van der Waals surface area contributed by atoms with Gasteiger partial charge in [-0.15, -0.1) is 0 Å². The lowest BCUT2D eigenvalue weighted by Crippen LogP contribution is -2.49. The van der Waals surface area contributed by atoms with Gasteiger partial charge >= 0.3 is 11.9 Å². The third-order valence-corrected chi connectivity index (χ3v) is 2.41. The van der Waals surface area contributed by atoms with Gasteiger partial charge in [0.1, 0.15) is 31.5 Å². The Labute approximate surface area is 121 Å². The highest BCUT2D eigenvalue weighted by Crippen LogP contribution is 2.06. The van der Waals surface area contributed by atoms with Crippen LogP contribution in [0.2, 0.25) is 0 Å². The minimum absolute atomic E-state index is 0.165. The lowest BCUT2D eigenvalue weighted by molar-refractivity contribution is -0.172. The Morgan fingerprint density at radius 1 is 1.05 bits per heavy atom. The molecule has 0 aromatic carbocycles. The maximum Gasteiger partial charge on any atom is 0.337 e. The summed E-state index contributed by atoms with van der Waals surface area (Å²) in [7, 11) is 0. The summed E-state index contributed by atoms with van der Waals surface area (Å²) < 4.78 is 9.12. The third-order valence-electron chi connectivity index (χ3n) is 2.41. The molecule has 0 aliphatic rings. The molecule has 0 spiro atoms. The van der Waals surface area contributed by atoms with E-state index in [-0.39, 0.29) is 18.8 Å². The Kier molecular flexibility index (Phi) is 8.74. The summed E-state index contributed by atoms with van der Waals surface area (Å²) in [4.78, 5) is 22.3. The number of carbonyl (C=O) groups is 2. The Balaban J connectivity index is 4.16. The smallest absolute Gasteiger partial charge is 0.337 e. The van der Waals surface area contributed by atoms with Gasteiger partial charge in [0.2, 0.25) is 0 Å². The van der Waals surface area contributed by atoms with Gasteiger partial charge in [0.05, 0.1) is 6.61 Å². The van der Waals surface area contributed by atoms with Crippen LogP contribution in [0.3, 0.4) is 0 Å². The van der Waals surface area contributed by atoms with Crippen LogP contribution >= 0.6 is 0 Å². The summed E-state index contributed by atoms with van der Waals surface area (Å²) in [6.45, 7) is 3.26. The molecule has 0 aliphatic heterocycles. The number of ether oxygens (including phenoxy) is 2. The number of aliphatic hydroxyl groups is 5. The average molecular weight is 308 g/mol. The third kappa shape index (κ3) is 6.65. The number of aliphatic hydroxyl groups excluding tert-OH is 5. The molecule has 0 unspecified atom stereocenters. The highest BCUT2D eigenvalue weighted by molar-refractivity contribution is 5.86. The summed E-state index contributed by atoms with van der Waals surface area (Å²) in [5.74, 6) is -1.95. The fourth-order valence-electron chi connectivity index (χ4n) is 1.15. The lowest BCUT2D eigenvalue weighted by Gasteiger charge is -2.24. The van der Waals surface area contributed by atoms with Gasteiger partial charge < -0.3 is 35.0 Å². The van der Waals surface area contributed by atoms with Crippen molar-refractivity contribution < 1.29 is 44.6 Å². The van der Waals surface area contributed by atoms with Crippen LogP contribution in [0.4, 0.5) is 0 Å². The van der Waals surface area contributed by atoms with Crippen LogP contribution < -0.4 is 0 Å². The molecule has 0 saturated heterocycles. The summed E-state index contributed by atoms with van der Waals surface area (Å²) in [6.07, 6.45) is -7.83. The van der Waals surface area contributed by atoms with Gasteiger partial charge in [-0.3, -0.25) is 0 Å². The Bertz CT molecular complexity index is 368. The van der Waals surface area contributed by atoms with Crippen LogP contribution in [0.15, 0.2) is 12.2 Å². The molecule has 0 aromatic heterocycles. The molecule has 4 atom stereocenters. The highest BCUT2D eigenvalue weighted by atomic mass is 16.6. The first-order valence-electron chi connectivity index (χ1n) is 6.04. The molecule has 0 heterocycles. The van der Waals surface area contributed by atoms with Crippen molar-refractivity contribution in [2.45, 2.75) is 31.3 Å². The Morgan fingerprint density at radius 2 is 1.57 bits per heavy atom. The zero-order valence-corrected chi connectivity index (χ0v) is 11.5. The van der Waals surface area contributed by atoms with E-state index >= 15 is 0 Å². The van der Waals surface area contributed by atoms with Gasteiger partial charge in [0, 0.05) is 5.57 Å². The molecule has 21 heavy (non-hydrogen) atoms. The number of esters is 2. The van der Waals surface area contributed by atoms with Crippen molar-refractivity contribution in [2.75, 3.05) is 19.8 Å². The average Bonchev–Trinajstić information content (AvgIpc) is 2.47. The van der Waals surface area contributed by atoms with Gasteiger partial charge in [-0.2, -0.15) is 0 Å². The van der Waals surface area contributed by atoms with E-state index in [1.54, 1.807) is 0 Å². The molecule has 0 aliphatic carbocycles. The monoisotopic (exact) mass is 308 g/mol. The van der Waals surface area contributed by atoms with Crippen molar-refractivity contribution >= 4 is 11.9 Å².